The Balaban J connectivity index is 1.92. The summed E-state index contributed by atoms with van der Waals surface area (Å²) in [7, 11) is 1.71. The van der Waals surface area contributed by atoms with E-state index in [1.165, 1.54) is 11.1 Å². The van der Waals surface area contributed by atoms with Gasteiger partial charge in [0.1, 0.15) is 0 Å². The molecule has 0 aliphatic carbocycles. The van der Waals surface area contributed by atoms with Crippen molar-refractivity contribution in [3.8, 4) is 0 Å². The van der Waals surface area contributed by atoms with Gasteiger partial charge in [0, 0.05) is 32.0 Å². The average Bonchev–Trinajstić information content (AvgIpc) is 2.99. The first-order chi connectivity index (χ1) is 11.7. The van der Waals surface area contributed by atoms with E-state index in [4.69, 9.17) is 4.74 Å². The second kappa shape index (κ2) is 10.1. The lowest BCUT2D eigenvalue weighted by Gasteiger charge is -2.12. The van der Waals surface area contributed by atoms with Crippen LogP contribution < -0.4 is 10.6 Å². The molecule has 1 aromatic carbocycles. The van der Waals surface area contributed by atoms with Gasteiger partial charge in [0.05, 0.1) is 23.9 Å². The van der Waals surface area contributed by atoms with E-state index in [9.17, 15) is 0 Å². The van der Waals surface area contributed by atoms with E-state index >= 15 is 0 Å². The Kier molecular flexibility index (Phi) is 7.71. The van der Waals surface area contributed by atoms with Crippen molar-refractivity contribution in [3.05, 3.63) is 51.5 Å². The molecule has 0 saturated heterocycles. The van der Waals surface area contributed by atoms with Gasteiger partial charge in [-0.2, -0.15) is 0 Å². The third-order valence-electron chi connectivity index (χ3n) is 3.51. The van der Waals surface area contributed by atoms with Crippen molar-refractivity contribution in [3.63, 3.8) is 0 Å². The quantitative estimate of drug-likeness (QED) is 0.570. The van der Waals surface area contributed by atoms with Crippen LogP contribution in [0, 0.1) is 6.92 Å². The average molecular weight is 347 g/mol. The van der Waals surface area contributed by atoms with Crippen LogP contribution in [0.1, 0.15) is 28.8 Å². The molecule has 2 rings (SSSR count). The lowest BCUT2D eigenvalue weighted by molar-refractivity contribution is 0.184. The standard InChI is InChI=1S/C18H26N4OS/c1-4-19-18(20-10-9-17-13-24-14(2)22-17)21-11-15-7-5-6-8-16(15)12-23-3/h5-8,13H,4,9-12H2,1-3H3,(H2,19,20,21). The summed E-state index contributed by atoms with van der Waals surface area (Å²) in [6, 6.07) is 8.24. The Morgan fingerprint density at radius 2 is 2.04 bits per heavy atom. The normalized spacial score (nSPS) is 11.5. The van der Waals surface area contributed by atoms with E-state index in [2.05, 4.69) is 45.0 Å². The molecule has 130 valence electrons. The van der Waals surface area contributed by atoms with Crippen LogP contribution in [0.4, 0.5) is 0 Å². The maximum atomic E-state index is 5.25. The summed E-state index contributed by atoms with van der Waals surface area (Å²) < 4.78 is 5.25. The number of ether oxygens (including phenoxy) is 1. The molecule has 5 nitrogen and oxygen atoms in total. The van der Waals surface area contributed by atoms with Gasteiger partial charge in [0.25, 0.3) is 0 Å². The van der Waals surface area contributed by atoms with Crippen molar-refractivity contribution < 1.29 is 4.74 Å². The Bertz CT molecular complexity index is 654. The largest absolute Gasteiger partial charge is 0.380 e. The molecule has 0 radical (unpaired) electrons. The summed E-state index contributed by atoms with van der Waals surface area (Å²) >= 11 is 1.69. The number of aliphatic imine (C=N–C) groups is 1. The molecule has 6 heteroatoms. The number of hydrogen-bond donors (Lipinski definition) is 2. The molecule has 0 unspecified atom stereocenters. The van der Waals surface area contributed by atoms with Gasteiger partial charge < -0.3 is 15.4 Å². The fourth-order valence-corrected chi connectivity index (χ4v) is 2.99. The molecule has 1 aromatic heterocycles. The molecule has 2 aromatic rings. The molecule has 0 fully saturated rings. The number of methoxy groups -OCH3 is 1. The molecular formula is C18H26N4OS. The summed E-state index contributed by atoms with van der Waals surface area (Å²) in [6.07, 6.45) is 0.898. The molecular weight excluding hydrogens is 320 g/mol. The van der Waals surface area contributed by atoms with Crippen LogP contribution in [-0.4, -0.2) is 31.1 Å². The van der Waals surface area contributed by atoms with Gasteiger partial charge in [0.2, 0.25) is 0 Å². The Morgan fingerprint density at radius 1 is 1.25 bits per heavy atom. The lowest BCUT2D eigenvalue weighted by atomic mass is 10.1. The highest BCUT2D eigenvalue weighted by atomic mass is 32.1. The number of nitrogens with one attached hydrogen (secondary N) is 2. The second-order valence-electron chi connectivity index (χ2n) is 5.43. The highest BCUT2D eigenvalue weighted by Gasteiger charge is 2.03. The Hall–Kier alpha value is -1.92. The summed E-state index contributed by atoms with van der Waals surface area (Å²) in [5, 5.41) is 9.88. The minimum absolute atomic E-state index is 0.610. The van der Waals surface area contributed by atoms with Crippen molar-refractivity contribution in [1.82, 2.24) is 15.6 Å². The van der Waals surface area contributed by atoms with E-state index in [1.54, 1.807) is 18.4 Å². The Morgan fingerprint density at radius 3 is 2.71 bits per heavy atom. The lowest BCUT2D eigenvalue weighted by Crippen LogP contribution is -2.38. The smallest absolute Gasteiger partial charge is 0.191 e. The Labute approximate surface area is 148 Å². The third kappa shape index (κ3) is 5.94. The number of aryl methyl sites for hydroxylation is 1. The fraction of sp³-hybridized carbons (Fsp3) is 0.444. The third-order valence-corrected chi connectivity index (χ3v) is 4.33. The first-order valence-electron chi connectivity index (χ1n) is 8.21. The van der Waals surface area contributed by atoms with E-state index in [1.807, 2.05) is 19.1 Å². The van der Waals surface area contributed by atoms with Crippen LogP contribution in [0.25, 0.3) is 0 Å². The minimum Gasteiger partial charge on any atom is -0.380 e. The van der Waals surface area contributed by atoms with Crippen LogP contribution in [0.2, 0.25) is 0 Å². The number of nitrogens with zero attached hydrogens (tertiary/aromatic N) is 2. The van der Waals surface area contributed by atoms with Gasteiger partial charge in [-0.1, -0.05) is 24.3 Å². The number of benzene rings is 1. The summed E-state index contributed by atoms with van der Waals surface area (Å²) in [5.41, 5.74) is 3.50. The first-order valence-corrected chi connectivity index (χ1v) is 9.09. The molecule has 24 heavy (non-hydrogen) atoms. The van der Waals surface area contributed by atoms with Gasteiger partial charge in [-0.3, -0.25) is 0 Å². The second-order valence-corrected chi connectivity index (χ2v) is 6.49. The maximum absolute atomic E-state index is 5.25. The molecule has 0 amide bonds. The van der Waals surface area contributed by atoms with E-state index in [0.29, 0.717) is 13.2 Å². The van der Waals surface area contributed by atoms with Crippen molar-refractivity contribution in [2.45, 2.75) is 33.4 Å². The van der Waals surface area contributed by atoms with E-state index < -0.39 is 0 Å². The van der Waals surface area contributed by atoms with Crippen molar-refractivity contribution in [2.24, 2.45) is 4.99 Å². The minimum atomic E-state index is 0.610. The molecule has 0 saturated carbocycles. The highest BCUT2D eigenvalue weighted by Crippen LogP contribution is 2.11. The maximum Gasteiger partial charge on any atom is 0.191 e. The molecule has 0 bridgehead atoms. The fourth-order valence-electron chi connectivity index (χ4n) is 2.35. The monoisotopic (exact) mass is 346 g/mol. The zero-order valence-corrected chi connectivity index (χ0v) is 15.4. The molecule has 2 N–H and O–H groups in total. The van der Waals surface area contributed by atoms with Gasteiger partial charge in [-0.15, -0.1) is 11.3 Å². The van der Waals surface area contributed by atoms with Gasteiger partial charge in [-0.25, -0.2) is 9.98 Å². The molecule has 0 aliphatic rings. The number of aromatic nitrogens is 1. The van der Waals surface area contributed by atoms with Gasteiger partial charge in [0.15, 0.2) is 5.96 Å². The van der Waals surface area contributed by atoms with Crippen LogP contribution in [0.5, 0.6) is 0 Å². The van der Waals surface area contributed by atoms with Crippen molar-refractivity contribution in [1.29, 1.82) is 0 Å². The number of hydrogen-bond acceptors (Lipinski definition) is 4. The van der Waals surface area contributed by atoms with Crippen LogP contribution in [-0.2, 0) is 24.3 Å². The summed E-state index contributed by atoms with van der Waals surface area (Å²) in [6.45, 7) is 6.99. The zero-order chi connectivity index (χ0) is 17.2. The molecule has 0 atom stereocenters. The zero-order valence-electron chi connectivity index (χ0n) is 14.6. The topological polar surface area (TPSA) is 58.5 Å². The summed E-state index contributed by atoms with van der Waals surface area (Å²) in [5.74, 6) is 0.830. The molecule has 0 spiro atoms. The van der Waals surface area contributed by atoms with Crippen LogP contribution >= 0.6 is 11.3 Å². The van der Waals surface area contributed by atoms with Gasteiger partial charge in [-0.05, 0) is 25.0 Å². The molecule has 1 heterocycles. The van der Waals surface area contributed by atoms with E-state index in [0.717, 1.165) is 36.2 Å². The number of rotatable bonds is 8. The first kappa shape index (κ1) is 18.4. The van der Waals surface area contributed by atoms with Crippen molar-refractivity contribution in [2.75, 3.05) is 20.2 Å². The number of thiazole rings is 1. The SMILES string of the molecule is CCNC(=NCc1ccccc1COC)NCCc1csc(C)n1. The van der Waals surface area contributed by atoms with Crippen LogP contribution in [0.15, 0.2) is 34.6 Å². The predicted octanol–water partition coefficient (Wildman–Crippen LogP) is 2.90. The summed E-state index contributed by atoms with van der Waals surface area (Å²) in [4.78, 5) is 9.17. The van der Waals surface area contributed by atoms with Gasteiger partial charge >= 0.3 is 0 Å². The van der Waals surface area contributed by atoms with Crippen molar-refractivity contribution >= 4 is 17.3 Å². The van der Waals surface area contributed by atoms with Crippen LogP contribution in [0.3, 0.4) is 0 Å². The highest BCUT2D eigenvalue weighted by molar-refractivity contribution is 7.09. The number of guanidine groups is 1. The predicted molar refractivity (Wildman–Crippen MR) is 101 cm³/mol. The molecule has 0 aliphatic heterocycles. The van der Waals surface area contributed by atoms with E-state index in [-0.39, 0.29) is 0 Å².